The lowest BCUT2D eigenvalue weighted by Gasteiger charge is -2.20. The van der Waals surface area contributed by atoms with Crippen molar-refractivity contribution in [3.8, 4) is 11.5 Å². The number of nitrogens with zero attached hydrogens (tertiary/aromatic N) is 2. The van der Waals surface area contributed by atoms with Gasteiger partial charge in [-0.1, -0.05) is 6.07 Å². The highest BCUT2D eigenvalue weighted by atomic mass is 16.7. The molecule has 1 aromatic carbocycles. The van der Waals surface area contributed by atoms with Crippen LogP contribution >= 0.6 is 0 Å². The van der Waals surface area contributed by atoms with Gasteiger partial charge in [-0.05, 0) is 51.4 Å². The number of rotatable bonds is 5. The smallest absolute Gasteiger partial charge is 0.231 e. The Morgan fingerprint density at radius 3 is 2.75 bits per heavy atom. The normalized spacial score (nSPS) is 13.6. The Morgan fingerprint density at radius 1 is 1.25 bits per heavy atom. The van der Waals surface area contributed by atoms with Gasteiger partial charge in [-0.15, -0.1) is 0 Å². The van der Waals surface area contributed by atoms with Crippen LogP contribution in [0.15, 0.2) is 41.7 Å². The van der Waals surface area contributed by atoms with Crippen LogP contribution in [0, 0.1) is 0 Å². The molecule has 2 aromatic rings. The number of nitrogens with one attached hydrogen (secondary N) is 1. The van der Waals surface area contributed by atoms with Crippen LogP contribution in [0.1, 0.15) is 31.9 Å². The van der Waals surface area contributed by atoms with Gasteiger partial charge in [-0.25, -0.2) is 0 Å². The van der Waals surface area contributed by atoms with Gasteiger partial charge < -0.3 is 14.8 Å². The molecule has 24 heavy (non-hydrogen) atoms. The second-order valence-corrected chi connectivity index (χ2v) is 6.81. The Hall–Kier alpha value is -2.40. The van der Waals surface area contributed by atoms with E-state index in [0.717, 1.165) is 41.3 Å². The van der Waals surface area contributed by atoms with Gasteiger partial charge in [0.2, 0.25) is 6.79 Å². The van der Waals surface area contributed by atoms with Crippen molar-refractivity contribution >= 4 is 11.9 Å². The number of aliphatic imine (C=N–C) groups is 1. The first-order valence-electron chi connectivity index (χ1n) is 8.13. The fraction of sp³-hybridized carbons (Fsp3) is 0.368. The molecule has 0 unspecified atom stereocenters. The molecule has 0 saturated carbocycles. The van der Waals surface area contributed by atoms with Crippen molar-refractivity contribution in [3.05, 3.63) is 47.8 Å². The maximum Gasteiger partial charge on any atom is 0.231 e. The maximum absolute atomic E-state index is 5.50. The van der Waals surface area contributed by atoms with E-state index in [2.05, 4.69) is 36.1 Å². The van der Waals surface area contributed by atoms with Crippen molar-refractivity contribution < 1.29 is 9.47 Å². The summed E-state index contributed by atoms with van der Waals surface area (Å²) in [4.78, 5) is 8.75. The molecule has 5 heteroatoms. The van der Waals surface area contributed by atoms with Crippen LogP contribution in [-0.2, 0) is 6.42 Å². The minimum Gasteiger partial charge on any atom is -0.454 e. The zero-order chi connectivity index (χ0) is 17.0. The summed E-state index contributed by atoms with van der Waals surface area (Å²) in [5.41, 5.74) is 3.10. The number of hydrogen-bond acceptors (Lipinski definition) is 5. The summed E-state index contributed by atoms with van der Waals surface area (Å²) in [6, 6.07) is 7.85. The highest BCUT2D eigenvalue weighted by Crippen LogP contribution is 2.38. The monoisotopic (exact) mass is 325 g/mol. The van der Waals surface area contributed by atoms with Crippen LogP contribution in [0.2, 0.25) is 0 Å². The second kappa shape index (κ2) is 7.01. The summed E-state index contributed by atoms with van der Waals surface area (Å²) in [6.45, 7) is 7.62. The number of ether oxygens (including phenoxy) is 2. The van der Waals surface area contributed by atoms with Gasteiger partial charge >= 0.3 is 0 Å². The van der Waals surface area contributed by atoms with E-state index in [1.807, 2.05) is 30.5 Å². The highest BCUT2D eigenvalue weighted by Gasteiger charge is 2.17. The molecule has 126 valence electrons. The molecule has 1 aliphatic heterocycles. The molecule has 1 N–H and O–H groups in total. The van der Waals surface area contributed by atoms with Gasteiger partial charge in [0.25, 0.3) is 0 Å². The molecule has 3 rings (SSSR count). The molecule has 2 heterocycles. The third kappa shape index (κ3) is 4.32. The Bertz CT molecular complexity index is 721. The molecule has 0 bridgehead atoms. The number of pyridine rings is 1. The molecule has 0 spiro atoms. The van der Waals surface area contributed by atoms with E-state index < -0.39 is 0 Å². The van der Waals surface area contributed by atoms with Crippen LogP contribution in [0.25, 0.3) is 0 Å². The van der Waals surface area contributed by atoms with Gasteiger partial charge in [0.1, 0.15) is 0 Å². The lowest BCUT2D eigenvalue weighted by molar-refractivity contribution is 0.174. The van der Waals surface area contributed by atoms with E-state index >= 15 is 0 Å². The molecule has 1 aromatic heterocycles. The van der Waals surface area contributed by atoms with Crippen LogP contribution in [0.4, 0.5) is 5.69 Å². The molecule has 0 fully saturated rings. The Labute approximate surface area is 142 Å². The van der Waals surface area contributed by atoms with Crippen LogP contribution in [-0.4, -0.2) is 30.1 Å². The first kappa shape index (κ1) is 16.5. The summed E-state index contributed by atoms with van der Waals surface area (Å²) >= 11 is 0. The Balaban J connectivity index is 1.82. The lowest BCUT2D eigenvalue weighted by Crippen LogP contribution is -2.37. The standard InChI is InChI=1S/C19H23N3O2/c1-19(2,3)22-8-6-15-9-17-18(24-13-23-17)10-16(15)21-12-14-5-4-7-20-11-14/h4-5,7,9-12,22H,6,8,13H2,1-3H3. The summed E-state index contributed by atoms with van der Waals surface area (Å²) in [6.07, 6.45) is 6.23. The number of hydrogen-bond donors (Lipinski definition) is 1. The Kier molecular flexibility index (Phi) is 4.81. The SMILES string of the molecule is CC(C)(C)NCCc1cc2c(cc1N=Cc1cccnc1)OCO2. The van der Waals surface area contributed by atoms with E-state index in [9.17, 15) is 0 Å². The molecule has 0 amide bonds. The molecule has 0 radical (unpaired) electrons. The fourth-order valence-corrected chi connectivity index (χ4v) is 2.46. The van der Waals surface area contributed by atoms with Crippen molar-refractivity contribution in [2.24, 2.45) is 4.99 Å². The Morgan fingerprint density at radius 2 is 2.04 bits per heavy atom. The number of benzene rings is 1. The maximum atomic E-state index is 5.50. The third-order valence-electron chi connectivity index (χ3n) is 3.66. The first-order chi connectivity index (χ1) is 11.5. The zero-order valence-corrected chi connectivity index (χ0v) is 14.4. The molecule has 0 saturated heterocycles. The predicted molar refractivity (Wildman–Crippen MR) is 95.5 cm³/mol. The molecule has 0 aliphatic carbocycles. The number of fused-ring (bicyclic) bond motifs is 1. The van der Waals surface area contributed by atoms with Gasteiger partial charge in [0.05, 0.1) is 5.69 Å². The summed E-state index contributed by atoms with van der Waals surface area (Å²) in [7, 11) is 0. The fourth-order valence-electron chi connectivity index (χ4n) is 2.46. The predicted octanol–water partition coefficient (Wildman–Crippen LogP) is 3.49. The van der Waals surface area contributed by atoms with Crippen molar-refractivity contribution in [1.82, 2.24) is 10.3 Å². The second-order valence-electron chi connectivity index (χ2n) is 6.81. The molecular weight excluding hydrogens is 302 g/mol. The summed E-state index contributed by atoms with van der Waals surface area (Å²) < 4.78 is 11.0. The van der Waals surface area contributed by atoms with Crippen molar-refractivity contribution in [3.63, 3.8) is 0 Å². The van der Waals surface area contributed by atoms with E-state index in [0.29, 0.717) is 0 Å². The highest BCUT2D eigenvalue weighted by molar-refractivity contribution is 5.82. The minimum absolute atomic E-state index is 0.0927. The van der Waals surface area contributed by atoms with Crippen molar-refractivity contribution in [2.45, 2.75) is 32.7 Å². The van der Waals surface area contributed by atoms with Crippen LogP contribution in [0.3, 0.4) is 0 Å². The van der Waals surface area contributed by atoms with E-state index in [1.165, 1.54) is 0 Å². The van der Waals surface area contributed by atoms with E-state index in [-0.39, 0.29) is 12.3 Å². The van der Waals surface area contributed by atoms with Crippen LogP contribution < -0.4 is 14.8 Å². The lowest BCUT2D eigenvalue weighted by atomic mass is 10.1. The van der Waals surface area contributed by atoms with E-state index in [1.54, 1.807) is 12.4 Å². The van der Waals surface area contributed by atoms with Crippen molar-refractivity contribution in [2.75, 3.05) is 13.3 Å². The summed E-state index contributed by atoms with van der Waals surface area (Å²) in [5.74, 6) is 1.54. The number of aromatic nitrogens is 1. The summed E-state index contributed by atoms with van der Waals surface area (Å²) in [5, 5.41) is 3.51. The average Bonchev–Trinajstić information content (AvgIpc) is 2.99. The van der Waals surface area contributed by atoms with Gasteiger partial charge in [0.15, 0.2) is 11.5 Å². The minimum atomic E-state index is 0.0927. The zero-order valence-electron chi connectivity index (χ0n) is 14.4. The third-order valence-corrected chi connectivity index (χ3v) is 3.66. The van der Waals surface area contributed by atoms with Gasteiger partial charge in [-0.2, -0.15) is 0 Å². The molecular formula is C19H23N3O2. The van der Waals surface area contributed by atoms with Gasteiger partial charge in [-0.3, -0.25) is 9.98 Å². The van der Waals surface area contributed by atoms with E-state index in [4.69, 9.17) is 9.47 Å². The quantitative estimate of drug-likeness (QED) is 0.855. The topological polar surface area (TPSA) is 55.7 Å². The molecule has 5 nitrogen and oxygen atoms in total. The van der Waals surface area contributed by atoms with Gasteiger partial charge in [0, 0.05) is 35.8 Å². The first-order valence-corrected chi connectivity index (χ1v) is 8.13. The van der Waals surface area contributed by atoms with Crippen molar-refractivity contribution in [1.29, 1.82) is 0 Å². The van der Waals surface area contributed by atoms with Crippen LogP contribution in [0.5, 0.6) is 11.5 Å². The largest absolute Gasteiger partial charge is 0.454 e. The average molecular weight is 325 g/mol. The molecule has 0 atom stereocenters. The molecule has 1 aliphatic rings.